The number of Topliss-reactive ketones (excluding diaryl/α,β-unsaturated/α-hetero) is 1. The van der Waals surface area contributed by atoms with E-state index < -0.39 is 0 Å². The van der Waals surface area contributed by atoms with Crippen molar-refractivity contribution in [1.29, 1.82) is 0 Å². The zero-order valence-corrected chi connectivity index (χ0v) is 17.4. The number of carbonyl (C=O) groups is 2. The first kappa shape index (κ1) is 21.8. The first-order chi connectivity index (χ1) is 13.3. The zero-order chi connectivity index (χ0) is 20.7. The third kappa shape index (κ3) is 5.99. The Morgan fingerprint density at radius 1 is 1.00 bits per heavy atom. The number of hydrogen-bond acceptors (Lipinski definition) is 4. The largest absolute Gasteiger partial charge is 0.495 e. The number of anilines is 1. The van der Waals surface area contributed by atoms with Crippen molar-refractivity contribution in [2.24, 2.45) is 5.92 Å². The van der Waals surface area contributed by atoms with Gasteiger partial charge in [-0.1, -0.05) is 49.7 Å². The van der Waals surface area contributed by atoms with Crippen LogP contribution in [-0.4, -0.2) is 25.9 Å². The van der Waals surface area contributed by atoms with E-state index in [2.05, 4.69) is 19.2 Å². The lowest BCUT2D eigenvalue weighted by atomic mass is 9.99. The number of amides is 1. The van der Waals surface area contributed by atoms with E-state index in [0.717, 1.165) is 6.42 Å². The Morgan fingerprint density at radius 2 is 1.64 bits per heavy atom. The number of rotatable bonds is 9. The van der Waals surface area contributed by atoms with Crippen LogP contribution in [0.2, 0.25) is 5.02 Å². The van der Waals surface area contributed by atoms with Gasteiger partial charge in [0, 0.05) is 24.5 Å². The second-order valence-corrected chi connectivity index (χ2v) is 7.36. The molecule has 0 unspecified atom stereocenters. The first-order valence-electron chi connectivity index (χ1n) is 9.17. The molecule has 0 heterocycles. The van der Waals surface area contributed by atoms with E-state index >= 15 is 0 Å². The van der Waals surface area contributed by atoms with Gasteiger partial charge in [0.15, 0.2) is 5.78 Å². The third-order valence-electron chi connectivity index (χ3n) is 4.25. The Bertz CT molecular complexity index is 831. The summed E-state index contributed by atoms with van der Waals surface area (Å²) in [5, 5.41) is 3.09. The molecule has 0 aliphatic carbocycles. The molecule has 0 aromatic heterocycles. The highest BCUT2D eigenvalue weighted by Gasteiger charge is 2.14. The van der Waals surface area contributed by atoms with E-state index in [1.807, 2.05) is 24.3 Å². The minimum absolute atomic E-state index is 0.0639. The predicted molar refractivity (Wildman–Crippen MR) is 112 cm³/mol. The van der Waals surface area contributed by atoms with Crippen LogP contribution in [-0.2, 0) is 11.2 Å². The number of carbonyl (C=O) groups excluding carboxylic acids is 2. The van der Waals surface area contributed by atoms with Gasteiger partial charge in [0.25, 0.3) is 0 Å². The molecule has 2 aromatic rings. The van der Waals surface area contributed by atoms with Crippen molar-refractivity contribution in [3.63, 3.8) is 0 Å². The van der Waals surface area contributed by atoms with E-state index in [0.29, 0.717) is 33.7 Å². The lowest BCUT2D eigenvalue weighted by Gasteiger charge is -2.13. The molecule has 5 nitrogen and oxygen atoms in total. The lowest BCUT2D eigenvalue weighted by molar-refractivity contribution is -0.116. The van der Waals surface area contributed by atoms with Crippen LogP contribution in [0.25, 0.3) is 0 Å². The Balaban J connectivity index is 1.95. The van der Waals surface area contributed by atoms with Crippen molar-refractivity contribution < 1.29 is 19.1 Å². The standard InChI is InChI=1S/C22H26ClNO4/c1-14(2)11-15-5-7-16(8-6-15)19(25)9-10-22(26)24-18-12-17(23)20(27-3)13-21(18)28-4/h5-8,12-14H,9-11H2,1-4H3,(H,24,26). The van der Waals surface area contributed by atoms with Crippen molar-refractivity contribution >= 4 is 29.0 Å². The highest BCUT2D eigenvalue weighted by Crippen LogP contribution is 2.35. The number of ketones is 1. The summed E-state index contributed by atoms with van der Waals surface area (Å²) in [4.78, 5) is 24.6. The Morgan fingerprint density at radius 3 is 2.21 bits per heavy atom. The molecular weight excluding hydrogens is 378 g/mol. The number of halogens is 1. The summed E-state index contributed by atoms with van der Waals surface area (Å²) < 4.78 is 10.4. The van der Waals surface area contributed by atoms with E-state index in [4.69, 9.17) is 21.1 Å². The fourth-order valence-corrected chi connectivity index (χ4v) is 3.08. The first-order valence-corrected chi connectivity index (χ1v) is 9.55. The Hall–Kier alpha value is -2.53. The predicted octanol–water partition coefficient (Wildman–Crippen LogP) is 5.16. The maximum atomic E-state index is 12.4. The topological polar surface area (TPSA) is 64.6 Å². The van der Waals surface area contributed by atoms with Crippen molar-refractivity contribution in [2.45, 2.75) is 33.1 Å². The summed E-state index contributed by atoms with van der Waals surface area (Å²) >= 11 is 6.11. The highest BCUT2D eigenvalue weighted by molar-refractivity contribution is 6.32. The van der Waals surface area contributed by atoms with Gasteiger partial charge in [-0.3, -0.25) is 9.59 Å². The molecule has 6 heteroatoms. The van der Waals surface area contributed by atoms with E-state index in [1.165, 1.54) is 19.8 Å². The average Bonchev–Trinajstić information content (AvgIpc) is 2.66. The van der Waals surface area contributed by atoms with Gasteiger partial charge >= 0.3 is 0 Å². The molecule has 0 saturated heterocycles. The minimum Gasteiger partial charge on any atom is -0.495 e. The molecular formula is C22H26ClNO4. The summed E-state index contributed by atoms with van der Waals surface area (Å²) in [6.07, 6.45) is 1.17. The van der Waals surface area contributed by atoms with Crippen LogP contribution in [0.4, 0.5) is 5.69 Å². The summed E-state index contributed by atoms with van der Waals surface area (Å²) in [6.45, 7) is 4.31. The molecule has 0 aliphatic rings. The number of ether oxygens (including phenoxy) is 2. The highest BCUT2D eigenvalue weighted by atomic mass is 35.5. The lowest BCUT2D eigenvalue weighted by Crippen LogP contribution is -2.14. The van der Waals surface area contributed by atoms with E-state index in [-0.39, 0.29) is 24.5 Å². The van der Waals surface area contributed by atoms with Crippen molar-refractivity contribution in [1.82, 2.24) is 0 Å². The third-order valence-corrected chi connectivity index (χ3v) is 4.54. The van der Waals surface area contributed by atoms with Gasteiger partial charge in [0.1, 0.15) is 11.5 Å². The zero-order valence-electron chi connectivity index (χ0n) is 16.7. The number of nitrogens with one attached hydrogen (secondary N) is 1. The molecule has 0 radical (unpaired) electrons. The average molecular weight is 404 g/mol. The monoisotopic (exact) mass is 403 g/mol. The van der Waals surface area contributed by atoms with E-state index in [9.17, 15) is 9.59 Å². The molecule has 0 aliphatic heterocycles. The Labute approximate surface area is 171 Å². The van der Waals surface area contributed by atoms with Gasteiger partial charge in [0.2, 0.25) is 5.91 Å². The van der Waals surface area contributed by atoms with Gasteiger partial charge in [-0.15, -0.1) is 0 Å². The molecule has 28 heavy (non-hydrogen) atoms. The molecule has 0 spiro atoms. The maximum Gasteiger partial charge on any atom is 0.224 e. The molecule has 0 bridgehead atoms. The molecule has 150 valence electrons. The van der Waals surface area contributed by atoms with Crippen LogP contribution in [0, 0.1) is 5.92 Å². The fraction of sp³-hybridized carbons (Fsp3) is 0.364. The van der Waals surface area contributed by atoms with Gasteiger partial charge in [-0.05, 0) is 24.0 Å². The summed E-state index contributed by atoms with van der Waals surface area (Å²) in [7, 11) is 2.99. The number of benzene rings is 2. The smallest absolute Gasteiger partial charge is 0.224 e. The molecule has 0 fully saturated rings. The number of hydrogen-bond donors (Lipinski definition) is 1. The van der Waals surface area contributed by atoms with Crippen LogP contribution >= 0.6 is 11.6 Å². The summed E-state index contributed by atoms with van der Waals surface area (Å²) in [5.74, 6) is 1.10. The van der Waals surface area contributed by atoms with Gasteiger partial charge in [-0.25, -0.2) is 0 Å². The van der Waals surface area contributed by atoms with Crippen molar-refractivity contribution in [2.75, 3.05) is 19.5 Å². The Kier molecular flexibility index (Phi) is 7.88. The van der Waals surface area contributed by atoms with Gasteiger partial charge in [-0.2, -0.15) is 0 Å². The fourth-order valence-electron chi connectivity index (χ4n) is 2.84. The maximum absolute atomic E-state index is 12.4. The normalized spacial score (nSPS) is 10.6. The van der Waals surface area contributed by atoms with Crippen molar-refractivity contribution in [3.8, 4) is 11.5 Å². The molecule has 0 saturated carbocycles. The quantitative estimate of drug-likeness (QED) is 0.587. The molecule has 0 atom stereocenters. The van der Waals surface area contributed by atoms with Crippen molar-refractivity contribution in [3.05, 3.63) is 52.5 Å². The van der Waals surface area contributed by atoms with Crippen LogP contribution in [0.15, 0.2) is 36.4 Å². The summed E-state index contributed by atoms with van der Waals surface area (Å²) in [6, 6.07) is 10.7. The summed E-state index contributed by atoms with van der Waals surface area (Å²) in [5.41, 5.74) is 2.25. The second-order valence-electron chi connectivity index (χ2n) is 6.95. The van der Waals surface area contributed by atoms with Crippen LogP contribution in [0.3, 0.4) is 0 Å². The van der Waals surface area contributed by atoms with Gasteiger partial charge in [0.05, 0.1) is 24.9 Å². The number of methoxy groups -OCH3 is 2. The van der Waals surface area contributed by atoms with Crippen LogP contribution in [0.5, 0.6) is 11.5 Å². The van der Waals surface area contributed by atoms with E-state index in [1.54, 1.807) is 12.1 Å². The molecule has 1 N–H and O–H groups in total. The minimum atomic E-state index is -0.288. The molecule has 2 rings (SSSR count). The van der Waals surface area contributed by atoms with Crippen LogP contribution in [0.1, 0.15) is 42.6 Å². The SMILES string of the molecule is COc1cc(OC)c(NC(=O)CCC(=O)c2ccc(CC(C)C)cc2)cc1Cl. The van der Waals surface area contributed by atoms with Gasteiger partial charge < -0.3 is 14.8 Å². The molecule has 2 aromatic carbocycles. The molecule has 1 amide bonds. The second kappa shape index (κ2) is 10.1. The van der Waals surface area contributed by atoms with Crippen LogP contribution < -0.4 is 14.8 Å².